The lowest BCUT2D eigenvalue weighted by atomic mass is 9.88. The highest BCUT2D eigenvalue weighted by Gasteiger charge is 2.33. The molecule has 0 aromatic rings. The number of ether oxygens (including phenoxy) is 1. The van der Waals surface area contributed by atoms with Gasteiger partial charge in [-0.25, -0.2) is 0 Å². The Bertz CT molecular complexity index is 270. The molecular weight excluding hydrogens is 216 g/mol. The van der Waals surface area contributed by atoms with Crippen molar-refractivity contribution in [3.63, 3.8) is 0 Å². The maximum Gasteiger partial charge on any atom is 0.223 e. The van der Waals surface area contributed by atoms with Gasteiger partial charge in [-0.05, 0) is 37.6 Å². The monoisotopic (exact) mass is 240 g/mol. The van der Waals surface area contributed by atoms with Crippen molar-refractivity contribution in [3.05, 3.63) is 0 Å². The summed E-state index contributed by atoms with van der Waals surface area (Å²) in [5.74, 6) is 1.16. The lowest BCUT2D eigenvalue weighted by Gasteiger charge is -2.30. The van der Waals surface area contributed by atoms with E-state index in [9.17, 15) is 4.79 Å². The van der Waals surface area contributed by atoms with Gasteiger partial charge >= 0.3 is 0 Å². The van der Waals surface area contributed by atoms with E-state index in [1.807, 2.05) is 0 Å². The first-order valence-corrected chi connectivity index (χ1v) is 6.80. The topological polar surface area (TPSA) is 64.3 Å². The molecule has 0 bridgehead atoms. The van der Waals surface area contributed by atoms with Gasteiger partial charge < -0.3 is 15.8 Å². The van der Waals surface area contributed by atoms with Crippen LogP contribution in [-0.4, -0.2) is 31.7 Å². The molecule has 1 aliphatic carbocycles. The third-order valence-electron chi connectivity index (χ3n) is 4.27. The van der Waals surface area contributed by atoms with Crippen LogP contribution in [0.2, 0.25) is 0 Å². The molecule has 4 heteroatoms. The first-order chi connectivity index (χ1) is 8.22. The van der Waals surface area contributed by atoms with E-state index in [2.05, 4.69) is 12.2 Å². The number of nitrogens with two attached hydrogens (primary N) is 1. The van der Waals surface area contributed by atoms with Gasteiger partial charge in [-0.3, -0.25) is 4.79 Å². The van der Waals surface area contributed by atoms with Crippen molar-refractivity contribution in [2.75, 3.05) is 19.8 Å². The zero-order valence-electron chi connectivity index (χ0n) is 10.7. The molecule has 4 unspecified atom stereocenters. The zero-order valence-corrected chi connectivity index (χ0v) is 10.7. The summed E-state index contributed by atoms with van der Waals surface area (Å²) in [6.07, 6.45) is 4.29. The van der Waals surface area contributed by atoms with Gasteiger partial charge in [0, 0.05) is 25.2 Å². The summed E-state index contributed by atoms with van der Waals surface area (Å²) < 4.78 is 5.37. The van der Waals surface area contributed by atoms with Crippen LogP contribution in [0.25, 0.3) is 0 Å². The number of hydrogen-bond acceptors (Lipinski definition) is 3. The predicted molar refractivity (Wildman–Crippen MR) is 66.4 cm³/mol. The minimum absolute atomic E-state index is 0.128. The van der Waals surface area contributed by atoms with Crippen LogP contribution in [0.15, 0.2) is 0 Å². The van der Waals surface area contributed by atoms with E-state index in [1.54, 1.807) is 0 Å². The molecule has 1 heterocycles. The Balaban J connectivity index is 1.87. The third-order valence-corrected chi connectivity index (χ3v) is 4.27. The van der Waals surface area contributed by atoms with Crippen molar-refractivity contribution in [2.45, 2.75) is 38.6 Å². The number of rotatable bonds is 3. The lowest BCUT2D eigenvalue weighted by molar-refractivity contribution is -0.131. The Morgan fingerprint density at radius 2 is 2.24 bits per heavy atom. The predicted octanol–water partition coefficient (Wildman–Crippen LogP) is 0.903. The largest absolute Gasteiger partial charge is 0.381 e. The van der Waals surface area contributed by atoms with Crippen molar-refractivity contribution in [3.8, 4) is 0 Å². The van der Waals surface area contributed by atoms with Crippen LogP contribution in [-0.2, 0) is 9.53 Å². The van der Waals surface area contributed by atoms with E-state index < -0.39 is 0 Å². The van der Waals surface area contributed by atoms with Crippen LogP contribution in [0, 0.1) is 17.8 Å². The molecule has 0 aromatic heterocycles. The van der Waals surface area contributed by atoms with Gasteiger partial charge in [0.25, 0.3) is 0 Å². The van der Waals surface area contributed by atoms with E-state index in [-0.39, 0.29) is 11.8 Å². The first kappa shape index (κ1) is 12.8. The Morgan fingerprint density at radius 1 is 1.41 bits per heavy atom. The molecule has 0 spiro atoms. The van der Waals surface area contributed by atoms with E-state index in [4.69, 9.17) is 10.5 Å². The number of carbonyl (C=O) groups is 1. The fourth-order valence-electron chi connectivity index (χ4n) is 3.07. The molecule has 98 valence electrons. The van der Waals surface area contributed by atoms with Crippen LogP contribution >= 0.6 is 0 Å². The molecule has 17 heavy (non-hydrogen) atoms. The van der Waals surface area contributed by atoms with Crippen LogP contribution in [0.4, 0.5) is 0 Å². The fraction of sp³-hybridized carbons (Fsp3) is 0.923. The third kappa shape index (κ3) is 2.99. The summed E-state index contributed by atoms with van der Waals surface area (Å²) in [6.45, 7) is 4.21. The van der Waals surface area contributed by atoms with Gasteiger partial charge in [-0.2, -0.15) is 0 Å². The van der Waals surface area contributed by atoms with Crippen molar-refractivity contribution in [1.82, 2.24) is 5.32 Å². The normalized spacial score (nSPS) is 38.0. The number of hydrogen-bond donors (Lipinski definition) is 2. The molecule has 1 saturated heterocycles. The maximum atomic E-state index is 12.2. The van der Waals surface area contributed by atoms with Gasteiger partial charge in [0.2, 0.25) is 5.91 Å². The molecule has 0 aromatic carbocycles. The first-order valence-electron chi connectivity index (χ1n) is 6.80. The average molecular weight is 240 g/mol. The highest BCUT2D eigenvalue weighted by atomic mass is 16.5. The number of nitrogens with one attached hydrogen (secondary N) is 1. The Morgan fingerprint density at radius 3 is 2.94 bits per heavy atom. The van der Waals surface area contributed by atoms with Crippen molar-refractivity contribution < 1.29 is 9.53 Å². The summed E-state index contributed by atoms with van der Waals surface area (Å²) in [7, 11) is 0. The summed E-state index contributed by atoms with van der Waals surface area (Å²) >= 11 is 0. The van der Waals surface area contributed by atoms with Crippen molar-refractivity contribution in [2.24, 2.45) is 23.5 Å². The zero-order chi connectivity index (χ0) is 12.3. The van der Waals surface area contributed by atoms with E-state index in [1.165, 1.54) is 6.42 Å². The van der Waals surface area contributed by atoms with Gasteiger partial charge in [-0.15, -0.1) is 0 Å². The number of amides is 1. The second-order valence-electron chi connectivity index (χ2n) is 5.49. The summed E-state index contributed by atoms with van der Waals surface area (Å²) in [5.41, 5.74) is 5.73. The molecule has 2 fully saturated rings. The maximum absolute atomic E-state index is 12.2. The van der Waals surface area contributed by atoms with E-state index in [0.29, 0.717) is 37.6 Å². The minimum atomic E-state index is 0.128. The molecule has 3 N–H and O–H groups in total. The SMILES string of the molecule is CC1COCCC1C(=O)NC1CCCC1CN. The summed E-state index contributed by atoms with van der Waals surface area (Å²) in [4.78, 5) is 12.2. The molecule has 1 aliphatic heterocycles. The Labute approximate surface area is 103 Å². The molecule has 4 nitrogen and oxygen atoms in total. The molecule has 2 aliphatic rings. The minimum Gasteiger partial charge on any atom is -0.381 e. The second-order valence-corrected chi connectivity index (χ2v) is 5.49. The van der Waals surface area contributed by atoms with Gasteiger partial charge in [-0.1, -0.05) is 13.3 Å². The highest BCUT2D eigenvalue weighted by Crippen LogP contribution is 2.27. The second kappa shape index (κ2) is 5.83. The fourth-order valence-corrected chi connectivity index (χ4v) is 3.07. The summed E-state index contributed by atoms with van der Waals surface area (Å²) in [5, 5.41) is 3.21. The van der Waals surface area contributed by atoms with Gasteiger partial charge in [0.05, 0.1) is 0 Å². The van der Waals surface area contributed by atoms with Crippen molar-refractivity contribution in [1.29, 1.82) is 0 Å². The highest BCUT2D eigenvalue weighted by molar-refractivity contribution is 5.79. The van der Waals surface area contributed by atoms with Gasteiger partial charge in [0.15, 0.2) is 0 Å². The van der Waals surface area contributed by atoms with E-state index >= 15 is 0 Å². The molecule has 1 saturated carbocycles. The van der Waals surface area contributed by atoms with Crippen molar-refractivity contribution >= 4 is 5.91 Å². The quantitative estimate of drug-likeness (QED) is 0.770. The Kier molecular flexibility index (Phi) is 4.40. The standard InChI is InChI=1S/C13H24N2O2/c1-9-8-17-6-5-11(9)13(16)15-12-4-2-3-10(12)7-14/h9-12H,2-8,14H2,1H3,(H,15,16). The van der Waals surface area contributed by atoms with Gasteiger partial charge in [0.1, 0.15) is 0 Å². The summed E-state index contributed by atoms with van der Waals surface area (Å²) in [6, 6.07) is 0.308. The van der Waals surface area contributed by atoms with Crippen LogP contribution in [0.5, 0.6) is 0 Å². The van der Waals surface area contributed by atoms with Crippen LogP contribution < -0.4 is 11.1 Å². The molecule has 2 rings (SSSR count). The molecule has 0 radical (unpaired) electrons. The molecule has 4 atom stereocenters. The molecule has 1 amide bonds. The lowest BCUT2D eigenvalue weighted by Crippen LogP contribution is -2.46. The average Bonchev–Trinajstić information content (AvgIpc) is 2.76. The smallest absolute Gasteiger partial charge is 0.223 e. The Hall–Kier alpha value is -0.610. The number of carbonyl (C=O) groups excluding carboxylic acids is 1. The molecular formula is C13H24N2O2. The van der Waals surface area contributed by atoms with Crippen LogP contribution in [0.1, 0.15) is 32.6 Å². The van der Waals surface area contributed by atoms with Crippen LogP contribution in [0.3, 0.4) is 0 Å². The van der Waals surface area contributed by atoms with E-state index in [0.717, 1.165) is 19.3 Å².